The van der Waals surface area contributed by atoms with Gasteiger partial charge in [0.05, 0.1) is 12.4 Å². The van der Waals surface area contributed by atoms with Crippen LogP contribution >= 0.6 is 0 Å². The van der Waals surface area contributed by atoms with E-state index >= 15 is 0 Å². The summed E-state index contributed by atoms with van der Waals surface area (Å²) in [5.74, 6) is -4.02. The quantitative estimate of drug-likeness (QED) is 0.646. The second-order valence-corrected chi connectivity index (χ2v) is 5.95. The normalized spacial score (nSPS) is 17.4. The van der Waals surface area contributed by atoms with Gasteiger partial charge in [0.25, 0.3) is 0 Å². The number of ether oxygens (including phenoxy) is 1. The van der Waals surface area contributed by atoms with Gasteiger partial charge < -0.3 is 4.74 Å². The molecule has 2 aromatic carbocycles. The highest BCUT2D eigenvalue weighted by Crippen LogP contribution is 2.34. The summed E-state index contributed by atoms with van der Waals surface area (Å²) in [6, 6.07) is 5.28. The molecule has 0 saturated carbocycles. The van der Waals surface area contributed by atoms with Crippen molar-refractivity contribution < 1.29 is 22.3 Å². The van der Waals surface area contributed by atoms with E-state index in [1.807, 2.05) is 6.08 Å². The molecule has 3 rings (SSSR count). The number of allylic oxidation sites excluding steroid dienone is 2. The second-order valence-electron chi connectivity index (χ2n) is 5.95. The Morgan fingerprint density at radius 3 is 2.08 bits per heavy atom. The molecule has 24 heavy (non-hydrogen) atoms. The third-order valence-corrected chi connectivity index (χ3v) is 4.32. The first kappa shape index (κ1) is 16.6. The van der Waals surface area contributed by atoms with Crippen LogP contribution in [0.5, 0.6) is 0 Å². The Morgan fingerprint density at radius 2 is 1.46 bits per heavy atom. The Kier molecular flexibility index (Phi) is 4.35. The topological polar surface area (TPSA) is 9.23 Å². The van der Waals surface area contributed by atoms with Gasteiger partial charge in [-0.05, 0) is 37.5 Å². The van der Waals surface area contributed by atoms with Gasteiger partial charge in [0.2, 0.25) is 0 Å². The molecule has 0 radical (unpaired) electrons. The van der Waals surface area contributed by atoms with E-state index in [-0.39, 0.29) is 34.8 Å². The summed E-state index contributed by atoms with van der Waals surface area (Å²) >= 11 is 0. The van der Waals surface area contributed by atoms with Crippen LogP contribution in [0.25, 0.3) is 11.1 Å². The van der Waals surface area contributed by atoms with Gasteiger partial charge in [0.1, 0.15) is 0 Å². The molecule has 1 aliphatic rings. The fourth-order valence-electron chi connectivity index (χ4n) is 2.83. The SMILES string of the molecule is CC1=CCC(c2ccc(-c3ccc(C)c(F)c3F)c(F)c2F)CO1. The summed E-state index contributed by atoms with van der Waals surface area (Å²) in [7, 11) is 0. The molecule has 0 spiro atoms. The molecule has 1 unspecified atom stereocenters. The van der Waals surface area contributed by atoms with Crippen LogP contribution in [0.4, 0.5) is 17.6 Å². The number of rotatable bonds is 2. The van der Waals surface area contributed by atoms with E-state index in [4.69, 9.17) is 4.74 Å². The molecule has 0 fully saturated rings. The largest absolute Gasteiger partial charge is 0.498 e. The average Bonchev–Trinajstić information content (AvgIpc) is 2.57. The summed E-state index contributed by atoms with van der Waals surface area (Å²) in [5, 5.41) is 0. The van der Waals surface area contributed by atoms with Gasteiger partial charge in [-0.3, -0.25) is 0 Å². The lowest BCUT2D eigenvalue weighted by molar-refractivity contribution is 0.175. The van der Waals surface area contributed by atoms with E-state index < -0.39 is 23.3 Å². The Bertz CT molecular complexity index is 827. The number of hydrogen-bond donors (Lipinski definition) is 0. The van der Waals surface area contributed by atoms with Crippen LogP contribution in [0.15, 0.2) is 36.1 Å². The zero-order chi connectivity index (χ0) is 17.4. The molecule has 0 bridgehead atoms. The number of benzene rings is 2. The number of hydrogen-bond acceptors (Lipinski definition) is 1. The molecule has 1 nitrogen and oxygen atoms in total. The molecule has 1 atom stereocenters. The van der Waals surface area contributed by atoms with Crippen LogP contribution in [-0.4, -0.2) is 6.61 Å². The van der Waals surface area contributed by atoms with Crippen molar-refractivity contribution in [2.75, 3.05) is 6.61 Å². The van der Waals surface area contributed by atoms with Gasteiger partial charge in [-0.25, -0.2) is 17.6 Å². The molecule has 1 heterocycles. The predicted molar refractivity (Wildman–Crippen MR) is 83.5 cm³/mol. The molecular weight excluding hydrogens is 320 g/mol. The van der Waals surface area contributed by atoms with E-state index in [0.29, 0.717) is 6.42 Å². The Balaban J connectivity index is 2.04. The van der Waals surface area contributed by atoms with Crippen molar-refractivity contribution >= 4 is 0 Å². The lowest BCUT2D eigenvalue weighted by Crippen LogP contribution is -2.14. The predicted octanol–water partition coefficient (Wildman–Crippen LogP) is 5.63. The molecule has 2 aromatic rings. The zero-order valence-corrected chi connectivity index (χ0v) is 13.3. The van der Waals surface area contributed by atoms with Gasteiger partial charge in [-0.2, -0.15) is 0 Å². The van der Waals surface area contributed by atoms with Crippen molar-refractivity contribution in [1.29, 1.82) is 0 Å². The number of halogens is 4. The summed E-state index contributed by atoms with van der Waals surface area (Å²) in [6.07, 6.45) is 2.35. The standard InChI is InChI=1S/C19H16F4O/c1-10-3-6-14(18(22)16(10)20)15-8-7-13(17(21)19(15)23)12-5-4-11(2)24-9-12/h3-4,6-8,12H,5,9H2,1-2H3. The Hall–Kier alpha value is -2.30. The lowest BCUT2D eigenvalue weighted by atomic mass is 9.91. The van der Waals surface area contributed by atoms with Gasteiger partial charge >= 0.3 is 0 Å². The van der Waals surface area contributed by atoms with E-state index in [1.54, 1.807) is 6.92 Å². The molecule has 0 amide bonds. The van der Waals surface area contributed by atoms with Crippen LogP contribution in [-0.2, 0) is 4.74 Å². The van der Waals surface area contributed by atoms with Crippen LogP contribution in [0, 0.1) is 30.2 Å². The molecule has 5 heteroatoms. The first-order chi connectivity index (χ1) is 11.4. The third-order valence-electron chi connectivity index (χ3n) is 4.32. The third kappa shape index (κ3) is 2.79. The smallest absolute Gasteiger partial charge is 0.167 e. The van der Waals surface area contributed by atoms with Gasteiger partial charge in [-0.1, -0.05) is 24.3 Å². The highest BCUT2D eigenvalue weighted by atomic mass is 19.2. The van der Waals surface area contributed by atoms with E-state index in [9.17, 15) is 17.6 Å². The monoisotopic (exact) mass is 336 g/mol. The van der Waals surface area contributed by atoms with Crippen LogP contribution < -0.4 is 0 Å². The minimum absolute atomic E-state index is 0.107. The second kappa shape index (κ2) is 6.30. The maximum Gasteiger partial charge on any atom is 0.167 e. The minimum atomic E-state index is -1.18. The Morgan fingerprint density at radius 1 is 0.833 bits per heavy atom. The Labute approximate surface area is 137 Å². The van der Waals surface area contributed by atoms with E-state index in [1.165, 1.54) is 31.2 Å². The lowest BCUT2D eigenvalue weighted by Gasteiger charge is -2.23. The average molecular weight is 336 g/mol. The molecule has 0 N–H and O–H groups in total. The number of aryl methyl sites for hydroxylation is 1. The van der Waals surface area contributed by atoms with E-state index in [0.717, 1.165) is 5.76 Å². The minimum Gasteiger partial charge on any atom is -0.498 e. The molecule has 126 valence electrons. The first-order valence-electron chi connectivity index (χ1n) is 7.62. The van der Waals surface area contributed by atoms with Crippen molar-refractivity contribution in [2.45, 2.75) is 26.2 Å². The molecule has 0 saturated heterocycles. The molecule has 0 aliphatic carbocycles. The fraction of sp³-hybridized carbons (Fsp3) is 0.263. The highest BCUT2D eigenvalue weighted by molar-refractivity contribution is 5.66. The fourth-order valence-corrected chi connectivity index (χ4v) is 2.83. The van der Waals surface area contributed by atoms with Gasteiger partial charge in [0, 0.05) is 17.0 Å². The van der Waals surface area contributed by atoms with Crippen LogP contribution in [0.3, 0.4) is 0 Å². The van der Waals surface area contributed by atoms with Crippen molar-refractivity contribution in [1.82, 2.24) is 0 Å². The first-order valence-corrected chi connectivity index (χ1v) is 7.62. The van der Waals surface area contributed by atoms with Crippen LogP contribution in [0.2, 0.25) is 0 Å². The van der Waals surface area contributed by atoms with Crippen molar-refractivity contribution in [3.63, 3.8) is 0 Å². The molecular formula is C19H16F4O. The van der Waals surface area contributed by atoms with Crippen molar-refractivity contribution in [2.24, 2.45) is 0 Å². The van der Waals surface area contributed by atoms with Crippen LogP contribution in [0.1, 0.15) is 30.4 Å². The van der Waals surface area contributed by atoms with E-state index in [2.05, 4.69) is 0 Å². The van der Waals surface area contributed by atoms with Crippen molar-refractivity contribution in [3.8, 4) is 11.1 Å². The summed E-state index contributed by atoms with van der Waals surface area (Å²) in [6.45, 7) is 3.46. The summed E-state index contributed by atoms with van der Waals surface area (Å²) < 4.78 is 62.1. The van der Waals surface area contributed by atoms with Gasteiger partial charge in [0.15, 0.2) is 23.3 Å². The zero-order valence-electron chi connectivity index (χ0n) is 13.3. The van der Waals surface area contributed by atoms with Crippen molar-refractivity contribution in [3.05, 3.63) is 70.5 Å². The summed E-state index contributed by atoms with van der Waals surface area (Å²) in [4.78, 5) is 0. The van der Waals surface area contributed by atoms with Gasteiger partial charge in [-0.15, -0.1) is 0 Å². The highest BCUT2D eigenvalue weighted by Gasteiger charge is 2.24. The molecule has 0 aromatic heterocycles. The molecule has 1 aliphatic heterocycles. The maximum absolute atomic E-state index is 14.5. The summed E-state index contributed by atoms with van der Waals surface area (Å²) in [5.41, 5.74) is -0.309. The maximum atomic E-state index is 14.5.